The molecule has 0 aromatic heterocycles. The van der Waals surface area contributed by atoms with Gasteiger partial charge in [0.2, 0.25) is 5.91 Å². The van der Waals surface area contributed by atoms with E-state index < -0.39 is 0 Å². The van der Waals surface area contributed by atoms with Crippen molar-refractivity contribution >= 4 is 40.7 Å². The maximum absolute atomic E-state index is 11.4. The average Bonchev–Trinajstić information content (AvgIpc) is 2.91. The summed E-state index contributed by atoms with van der Waals surface area (Å²) < 4.78 is 0. The molecule has 0 saturated carbocycles. The lowest BCUT2D eigenvalue weighted by Crippen LogP contribution is -2.40. The number of anilines is 1. The van der Waals surface area contributed by atoms with Crippen molar-refractivity contribution in [3.8, 4) is 0 Å². The Morgan fingerprint density at radius 3 is 2.62 bits per heavy atom. The lowest BCUT2D eigenvalue weighted by molar-refractivity contribution is -0.118. The third kappa shape index (κ3) is 2.56. The Kier molecular flexibility index (Phi) is 3.94. The molecule has 2 aromatic carbocycles. The maximum atomic E-state index is 11.4. The van der Waals surface area contributed by atoms with Crippen LogP contribution in [0.5, 0.6) is 0 Å². The summed E-state index contributed by atoms with van der Waals surface area (Å²) in [6.07, 6.45) is 0. The Morgan fingerprint density at radius 2 is 1.88 bits per heavy atom. The van der Waals surface area contributed by atoms with Gasteiger partial charge in [-0.2, -0.15) is 0 Å². The van der Waals surface area contributed by atoms with E-state index in [0.29, 0.717) is 11.7 Å². The number of thiocarbonyl (C=S) groups is 1. The average molecular weight is 355 g/mol. The van der Waals surface area contributed by atoms with E-state index in [1.807, 2.05) is 28.8 Å². The second kappa shape index (κ2) is 6.11. The van der Waals surface area contributed by atoms with Crippen LogP contribution in [0.3, 0.4) is 0 Å². The van der Waals surface area contributed by atoms with Crippen LogP contribution in [0, 0.1) is 0 Å². The smallest absolute Gasteiger partial charge is 0.237 e. The highest BCUT2D eigenvalue weighted by Gasteiger charge is 2.45. The standard InChI is InChI=1S/C18H17N3OS2/c19-16(22)11-20-10-14-17(12-6-2-1-3-7-12)24-15-9-5-4-8-13(15)21(14)18(20)23/h1-9,14,17H,10-11H2,(H2,19,22). The first-order valence-corrected chi connectivity index (χ1v) is 9.11. The zero-order valence-electron chi connectivity index (χ0n) is 13.0. The summed E-state index contributed by atoms with van der Waals surface area (Å²) in [6.45, 7) is 0.878. The number of hydrogen-bond donors (Lipinski definition) is 1. The summed E-state index contributed by atoms with van der Waals surface area (Å²) in [5, 5.41) is 0.949. The minimum absolute atomic E-state index is 0.167. The first-order chi connectivity index (χ1) is 11.6. The minimum atomic E-state index is -0.352. The van der Waals surface area contributed by atoms with E-state index in [9.17, 15) is 4.79 Å². The number of nitrogens with two attached hydrogens (primary N) is 1. The fourth-order valence-corrected chi connectivity index (χ4v) is 5.17. The topological polar surface area (TPSA) is 49.6 Å². The Balaban J connectivity index is 1.77. The van der Waals surface area contributed by atoms with E-state index in [-0.39, 0.29) is 23.7 Å². The summed E-state index contributed by atoms with van der Waals surface area (Å²) in [6, 6.07) is 19.0. The third-order valence-corrected chi connectivity index (χ3v) is 6.31. The van der Waals surface area contributed by atoms with Crippen molar-refractivity contribution < 1.29 is 4.79 Å². The number of thioether (sulfide) groups is 1. The molecule has 2 aliphatic rings. The molecule has 2 atom stereocenters. The molecule has 2 heterocycles. The molecule has 0 spiro atoms. The van der Waals surface area contributed by atoms with Gasteiger partial charge < -0.3 is 15.5 Å². The van der Waals surface area contributed by atoms with Crippen molar-refractivity contribution in [3.63, 3.8) is 0 Å². The molecular formula is C18H17N3OS2. The monoisotopic (exact) mass is 355 g/mol. The Labute approximate surface area is 150 Å². The van der Waals surface area contributed by atoms with Gasteiger partial charge in [0.05, 0.1) is 23.5 Å². The molecule has 1 saturated heterocycles. The highest BCUT2D eigenvalue weighted by molar-refractivity contribution is 7.99. The van der Waals surface area contributed by atoms with Crippen LogP contribution in [0.25, 0.3) is 0 Å². The van der Waals surface area contributed by atoms with Crippen molar-refractivity contribution in [2.75, 3.05) is 18.0 Å². The molecule has 0 bridgehead atoms. The number of carbonyl (C=O) groups is 1. The van der Waals surface area contributed by atoms with E-state index in [1.165, 1.54) is 10.5 Å². The van der Waals surface area contributed by atoms with Gasteiger partial charge in [0.15, 0.2) is 5.11 Å². The Morgan fingerprint density at radius 1 is 1.17 bits per heavy atom. The SMILES string of the molecule is NC(=O)CN1CC2C(c3ccccc3)Sc3ccccc3N2C1=S. The molecule has 2 aromatic rings. The molecule has 122 valence electrons. The molecule has 24 heavy (non-hydrogen) atoms. The zero-order valence-corrected chi connectivity index (χ0v) is 14.6. The molecule has 2 N–H and O–H groups in total. The number of primary amides is 1. The third-order valence-electron chi connectivity index (χ3n) is 4.42. The van der Waals surface area contributed by atoms with Gasteiger partial charge in [-0.3, -0.25) is 4.79 Å². The van der Waals surface area contributed by atoms with Gasteiger partial charge in [-0.15, -0.1) is 11.8 Å². The predicted molar refractivity (Wildman–Crippen MR) is 101 cm³/mol. The van der Waals surface area contributed by atoms with Crippen molar-refractivity contribution in [1.82, 2.24) is 4.90 Å². The molecule has 0 radical (unpaired) electrons. The quantitative estimate of drug-likeness (QED) is 0.858. The molecule has 1 fully saturated rings. The number of rotatable bonds is 3. The van der Waals surface area contributed by atoms with Gasteiger partial charge in [0.1, 0.15) is 0 Å². The predicted octanol–water partition coefficient (Wildman–Crippen LogP) is 2.79. The number of benzene rings is 2. The van der Waals surface area contributed by atoms with E-state index >= 15 is 0 Å². The van der Waals surface area contributed by atoms with E-state index in [4.69, 9.17) is 18.0 Å². The molecule has 4 rings (SSSR count). The highest BCUT2D eigenvalue weighted by atomic mass is 32.2. The fraction of sp³-hybridized carbons (Fsp3) is 0.222. The van der Waals surface area contributed by atoms with Crippen LogP contribution in [0.1, 0.15) is 10.8 Å². The molecule has 1 amide bonds. The zero-order chi connectivity index (χ0) is 16.7. The molecule has 6 heteroatoms. The van der Waals surface area contributed by atoms with Crippen molar-refractivity contribution in [3.05, 3.63) is 60.2 Å². The van der Waals surface area contributed by atoms with Crippen molar-refractivity contribution in [1.29, 1.82) is 0 Å². The number of amides is 1. The van der Waals surface area contributed by atoms with Gasteiger partial charge in [0, 0.05) is 11.4 Å². The summed E-state index contributed by atoms with van der Waals surface area (Å²) >= 11 is 7.54. The summed E-state index contributed by atoms with van der Waals surface area (Å²) in [5.74, 6) is -0.352. The number of fused-ring (bicyclic) bond motifs is 3. The molecule has 2 unspecified atom stereocenters. The van der Waals surface area contributed by atoms with Crippen LogP contribution in [0.4, 0.5) is 5.69 Å². The van der Waals surface area contributed by atoms with E-state index in [2.05, 4.69) is 47.4 Å². The summed E-state index contributed by atoms with van der Waals surface area (Å²) in [5.41, 5.74) is 7.80. The van der Waals surface area contributed by atoms with Crippen LogP contribution in [0.15, 0.2) is 59.5 Å². The molecule has 0 aliphatic carbocycles. The van der Waals surface area contributed by atoms with Crippen LogP contribution < -0.4 is 10.6 Å². The van der Waals surface area contributed by atoms with Crippen LogP contribution in [0.2, 0.25) is 0 Å². The Hall–Kier alpha value is -2.05. The van der Waals surface area contributed by atoms with Crippen LogP contribution >= 0.6 is 24.0 Å². The number of hydrogen-bond acceptors (Lipinski definition) is 3. The lowest BCUT2D eigenvalue weighted by Gasteiger charge is -2.37. The van der Waals surface area contributed by atoms with Gasteiger partial charge >= 0.3 is 0 Å². The van der Waals surface area contributed by atoms with Crippen molar-refractivity contribution in [2.24, 2.45) is 5.73 Å². The van der Waals surface area contributed by atoms with E-state index in [1.54, 1.807) is 0 Å². The fourth-order valence-electron chi connectivity index (χ4n) is 3.42. The van der Waals surface area contributed by atoms with Gasteiger partial charge in [-0.25, -0.2) is 0 Å². The lowest BCUT2D eigenvalue weighted by atomic mass is 10.0. The summed E-state index contributed by atoms with van der Waals surface area (Å²) in [4.78, 5) is 16.7. The highest BCUT2D eigenvalue weighted by Crippen LogP contribution is 2.51. The summed E-state index contributed by atoms with van der Waals surface area (Å²) in [7, 11) is 0. The Bertz CT molecular complexity index is 796. The van der Waals surface area contributed by atoms with Gasteiger partial charge in [-0.05, 0) is 29.9 Å². The number of carbonyl (C=O) groups excluding carboxylic acids is 1. The number of para-hydroxylation sites is 1. The molecule has 4 nitrogen and oxygen atoms in total. The second-order valence-corrected chi connectivity index (χ2v) is 7.53. The van der Waals surface area contributed by atoms with Gasteiger partial charge in [0.25, 0.3) is 0 Å². The maximum Gasteiger partial charge on any atom is 0.237 e. The van der Waals surface area contributed by atoms with Crippen LogP contribution in [-0.4, -0.2) is 35.1 Å². The largest absolute Gasteiger partial charge is 0.368 e. The number of nitrogens with zero attached hydrogens (tertiary/aromatic N) is 2. The van der Waals surface area contributed by atoms with Crippen molar-refractivity contribution in [2.45, 2.75) is 16.2 Å². The first-order valence-electron chi connectivity index (χ1n) is 7.82. The molecule has 2 aliphatic heterocycles. The molecular weight excluding hydrogens is 338 g/mol. The van der Waals surface area contributed by atoms with Gasteiger partial charge in [-0.1, -0.05) is 42.5 Å². The second-order valence-electron chi connectivity index (χ2n) is 5.98. The minimum Gasteiger partial charge on any atom is -0.368 e. The first kappa shape index (κ1) is 15.5. The normalized spacial score (nSPS) is 22.2. The van der Waals surface area contributed by atoms with E-state index in [0.717, 1.165) is 5.69 Å². The van der Waals surface area contributed by atoms with Crippen LogP contribution in [-0.2, 0) is 4.79 Å².